The molecule has 20 heavy (non-hydrogen) atoms. The molecule has 108 valence electrons. The van der Waals surface area contributed by atoms with Crippen LogP contribution in [0.1, 0.15) is 53.8 Å². The average molecular weight is 287 g/mol. The summed E-state index contributed by atoms with van der Waals surface area (Å²) < 4.78 is 0. The van der Waals surface area contributed by atoms with Crippen molar-refractivity contribution >= 4 is 11.3 Å². The predicted octanol–water partition coefficient (Wildman–Crippen LogP) is 4.15. The maximum atomic E-state index is 3.94. The molecule has 4 aliphatic rings. The molecule has 0 amide bonds. The molecular weight excluding hydrogens is 262 g/mol. The van der Waals surface area contributed by atoms with Crippen LogP contribution in [0.2, 0.25) is 0 Å². The zero-order valence-corrected chi connectivity index (χ0v) is 13.1. The number of rotatable bonds is 3. The summed E-state index contributed by atoms with van der Waals surface area (Å²) in [5.41, 5.74) is 1.66. The van der Waals surface area contributed by atoms with Crippen LogP contribution in [-0.4, -0.2) is 6.04 Å². The lowest BCUT2D eigenvalue weighted by atomic mass is 9.79. The Morgan fingerprint density at radius 1 is 1.05 bits per heavy atom. The van der Waals surface area contributed by atoms with Gasteiger partial charge in [-0.05, 0) is 80.2 Å². The molecule has 0 saturated heterocycles. The summed E-state index contributed by atoms with van der Waals surface area (Å²) in [6, 6.07) is 3.34. The number of thiophene rings is 1. The van der Waals surface area contributed by atoms with Gasteiger partial charge in [-0.1, -0.05) is 6.42 Å². The molecule has 4 aliphatic carbocycles. The summed E-state index contributed by atoms with van der Waals surface area (Å²) in [5, 5.41) is 3.94. The van der Waals surface area contributed by atoms with Crippen molar-refractivity contribution in [3.8, 4) is 0 Å². The average Bonchev–Trinajstić information content (AvgIpc) is 3.18. The van der Waals surface area contributed by atoms with Crippen LogP contribution < -0.4 is 5.32 Å². The van der Waals surface area contributed by atoms with Gasteiger partial charge in [0.15, 0.2) is 0 Å². The van der Waals surface area contributed by atoms with Crippen LogP contribution in [0.5, 0.6) is 0 Å². The van der Waals surface area contributed by atoms with E-state index in [2.05, 4.69) is 22.7 Å². The first-order valence-electron chi connectivity index (χ1n) is 8.72. The van der Waals surface area contributed by atoms with Gasteiger partial charge in [-0.3, -0.25) is 0 Å². The molecule has 1 aromatic heterocycles. The normalized spacial score (nSPS) is 41.3. The van der Waals surface area contributed by atoms with E-state index in [1.54, 1.807) is 28.2 Å². The standard InChI is InChI=1S/C18H25NS/c1-3-11-7-13(20-18(11)6-1)10-19-17-9-12-8-16(17)15-5-2-4-14(12)15/h7,12,14-17,19H,1-6,8-10H2. The molecule has 5 unspecified atom stereocenters. The van der Waals surface area contributed by atoms with Crippen molar-refractivity contribution in [1.82, 2.24) is 5.32 Å². The lowest BCUT2D eigenvalue weighted by molar-refractivity contribution is 0.208. The van der Waals surface area contributed by atoms with Gasteiger partial charge in [0.2, 0.25) is 0 Å². The van der Waals surface area contributed by atoms with Gasteiger partial charge >= 0.3 is 0 Å². The van der Waals surface area contributed by atoms with Crippen LogP contribution in [0.4, 0.5) is 0 Å². The number of fused-ring (bicyclic) bond motifs is 6. The van der Waals surface area contributed by atoms with Crippen LogP contribution in [0.15, 0.2) is 6.07 Å². The fourth-order valence-corrected chi connectivity index (χ4v) is 7.22. The van der Waals surface area contributed by atoms with Crippen molar-refractivity contribution < 1.29 is 0 Å². The highest BCUT2D eigenvalue weighted by Crippen LogP contribution is 2.58. The summed E-state index contributed by atoms with van der Waals surface area (Å²) in [5.74, 6) is 4.33. The molecule has 0 spiro atoms. The molecule has 1 nitrogen and oxygen atoms in total. The highest BCUT2D eigenvalue weighted by atomic mass is 32.1. The molecule has 2 bridgehead atoms. The van der Waals surface area contributed by atoms with E-state index in [0.717, 1.165) is 36.3 Å². The minimum atomic E-state index is 0.844. The lowest BCUT2D eigenvalue weighted by Gasteiger charge is -2.32. The summed E-state index contributed by atoms with van der Waals surface area (Å²) in [7, 11) is 0. The van der Waals surface area contributed by atoms with Gasteiger partial charge < -0.3 is 5.32 Å². The van der Waals surface area contributed by atoms with Gasteiger partial charge in [-0.15, -0.1) is 11.3 Å². The fraction of sp³-hybridized carbons (Fsp3) is 0.778. The first kappa shape index (κ1) is 12.2. The largest absolute Gasteiger partial charge is 0.309 e. The topological polar surface area (TPSA) is 12.0 Å². The minimum Gasteiger partial charge on any atom is -0.309 e. The first-order valence-corrected chi connectivity index (χ1v) is 9.54. The first-order chi connectivity index (χ1) is 9.88. The lowest BCUT2D eigenvalue weighted by Crippen LogP contribution is -2.38. The molecule has 3 saturated carbocycles. The Balaban J connectivity index is 1.25. The fourth-order valence-electron chi connectivity index (χ4n) is 6.01. The molecule has 0 aromatic carbocycles. The summed E-state index contributed by atoms with van der Waals surface area (Å²) in [6.45, 7) is 1.14. The summed E-state index contributed by atoms with van der Waals surface area (Å²) >= 11 is 2.08. The monoisotopic (exact) mass is 287 g/mol. The van der Waals surface area contributed by atoms with E-state index in [1.807, 2.05) is 0 Å². The van der Waals surface area contributed by atoms with Crippen LogP contribution in [-0.2, 0) is 19.4 Å². The van der Waals surface area contributed by atoms with Crippen molar-refractivity contribution in [3.63, 3.8) is 0 Å². The summed E-state index contributed by atoms with van der Waals surface area (Å²) in [6.07, 6.45) is 11.7. The Morgan fingerprint density at radius 3 is 2.95 bits per heavy atom. The Hall–Kier alpha value is -0.340. The molecule has 0 radical (unpaired) electrons. The smallest absolute Gasteiger partial charge is 0.0302 e. The van der Waals surface area contributed by atoms with E-state index in [1.165, 1.54) is 38.5 Å². The molecule has 1 heterocycles. The second-order valence-corrected chi connectivity index (χ2v) is 8.88. The predicted molar refractivity (Wildman–Crippen MR) is 84.0 cm³/mol. The number of nitrogens with one attached hydrogen (secondary N) is 1. The van der Waals surface area contributed by atoms with Gasteiger partial charge in [0, 0.05) is 22.3 Å². The van der Waals surface area contributed by atoms with E-state index >= 15 is 0 Å². The molecule has 5 rings (SSSR count). The molecule has 0 aliphatic heterocycles. The van der Waals surface area contributed by atoms with E-state index < -0.39 is 0 Å². The maximum absolute atomic E-state index is 3.94. The van der Waals surface area contributed by atoms with Crippen LogP contribution in [0.25, 0.3) is 0 Å². The zero-order chi connectivity index (χ0) is 13.1. The third-order valence-electron chi connectivity index (χ3n) is 6.76. The van der Waals surface area contributed by atoms with Crippen molar-refractivity contribution in [2.24, 2.45) is 23.7 Å². The van der Waals surface area contributed by atoms with Gasteiger partial charge in [-0.25, -0.2) is 0 Å². The third-order valence-corrected chi connectivity index (χ3v) is 8.00. The molecule has 5 atom stereocenters. The highest BCUT2D eigenvalue weighted by molar-refractivity contribution is 7.12. The van der Waals surface area contributed by atoms with Crippen molar-refractivity contribution in [2.45, 2.75) is 64.0 Å². The van der Waals surface area contributed by atoms with Crippen LogP contribution in [0.3, 0.4) is 0 Å². The van der Waals surface area contributed by atoms with E-state index in [4.69, 9.17) is 0 Å². The van der Waals surface area contributed by atoms with Crippen molar-refractivity contribution in [3.05, 3.63) is 21.4 Å². The summed E-state index contributed by atoms with van der Waals surface area (Å²) in [4.78, 5) is 3.28. The quantitative estimate of drug-likeness (QED) is 0.880. The van der Waals surface area contributed by atoms with Gasteiger partial charge in [0.1, 0.15) is 0 Å². The minimum absolute atomic E-state index is 0.844. The molecule has 1 N–H and O–H groups in total. The molecule has 2 heteroatoms. The number of hydrogen-bond acceptors (Lipinski definition) is 2. The SMILES string of the molecule is c1c(CNC2CC3CC2C2CCCC32)sc2c1CCC2. The third kappa shape index (κ3) is 1.77. The van der Waals surface area contributed by atoms with Crippen LogP contribution >= 0.6 is 11.3 Å². The van der Waals surface area contributed by atoms with E-state index in [0.29, 0.717) is 0 Å². The molecule has 3 fully saturated rings. The van der Waals surface area contributed by atoms with Gasteiger partial charge in [-0.2, -0.15) is 0 Å². The molecule has 1 aromatic rings. The number of aryl methyl sites for hydroxylation is 2. The second kappa shape index (κ2) is 4.58. The Labute approximate surface area is 126 Å². The van der Waals surface area contributed by atoms with E-state index in [-0.39, 0.29) is 0 Å². The van der Waals surface area contributed by atoms with Crippen LogP contribution in [0, 0.1) is 23.7 Å². The van der Waals surface area contributed by atoms with Crippen molar-refractivity contribution in [1.29, 1.82) is 0 Å². The Kier molecular flexibility index (Phi) is 2.80. The maximum Gasteiger partial charge on any atom is 0.0302 e. The Morgan fingerprint density at radius 2 is 2.00 bits per heavy atom. The van der Waals surface area contributed by atoms with Gasteiger partial charge in [0.25, 0.3) is 0 Å². The highest BCUT2D eigenvalue weighted by Gasteiger charge is 2.53. The van der Waals surface area contributed by atoms with Gasteiger partial charge in [0.05, 0.1) is 0 Å². The Bertz CT molecular complexity index is 498. The van der Waals surface area contributed by atoms with E-state index in [9.17, 15) is 0 Å². The second-order valence-electron chi connectivity index (χ2n) is 7.66. The number of hydrogen-bond donors (Lipinski definition) is 1. The zero-order valence-electron chi connectivity index (χ0n) is 12.2. The van der Waals surface area contributed by atoms with Crippen molar-refractivity contribution in [2.75, 3.05) is 0 Å². The molecular formula is C18H25NS.